The molecule has 3 heterocycles. The van der Waals surface area contributed by atoms with Crippen molar-refractivity contribution >= 4 is 5.91 Å². The number of morpholine rings is 1. The van der Waals surface area contributed by atoms with Gasteiger partial charge >= 0.3 is 0 Å². The van der Waals surface area contributed by atoms with E-state index < -0.39 is 0 Å². The number of piperidine rings is 1. The van der Waals surface area contributed by atoms with Crippen LogP contribution in [-0.4, -0.2) is 97.8 Å². The Kier molecular flexibility index (Phi) is 6.62. The number of hydrogen-bond donors (Lipinski definition) is 1. The molecule has 154 valence electrons. The third kappa shape index (κ3) is 4.92. The molecule has 1 amide bonds. The minimum atomic E-state index is 0.180. The van der Waals surface area contributed by atoms with Crippen molar-refractivity contribution < 1.29 is 9.53 Å². The minimum Gasteiger partial charge on any atom is -0.371 e. The molecule has 0 radical (unpaired) electrons. The second kappa shape index (κ2) is 9.35. The van der Waals surface area contributed by atoms with Gasteiger partial charge in [0, 0.05) is 70.5 Å². The van der Waals surface area contributed by atoms with E-state index in [4.69, 9.17) is 4.74 Å². The van der Waals surface area contributed by atoms with Gasteiger partial charge < -0.3 is 15.0 Å². The summed E-state index contributed by atoms with van der Waals surface area (Å²) >= 11 is 0. The van der Waals surface area contributed by atoms with Gasteiger partial charge in [0.1, 0.15) is 0 Å². The fourth-order valence-corrected chi connectivity index (χ4v) is 4.78. The van der Waals surface area contributed by atoms with E-state index in [1.54, 1.807) is 0 Å². The zero-order chi connectivity index (χ0) is 19.3. The van der Waals surface area contributed by atoms with Gasteiger partial charge in [0.25, 0.3) is 5.91 Å². The zero-order valence-corrected chi connectivity index (χ0v) is 17.1. The number of carbonyl (C=O) groups excluding carboxylic acids is 1. The number of piperazine rings is 1. The topological polar surface area (TPSA) is 48.0 Å². The van der Waals surface area contributed by atoms with Gasteiger partial charge in [-0.2, -0.15) is 0 Å². The molecule has 0 bridgehead atoms. The summed E-state index contributed by atoms with van der Waals surface area (Å²) in [5, 5.41) is 3.47. The summed E-state index contributed by atoms with van der Waals surface area (Å²) in [5.41, 5.74) is 0.809. The molecule has 0 aliphatic carbocycles. The molecule has 3 fully saturated rings. The predicted molar refractivity (Wildman–Crippen MR) is 111 cm³/mol. The molecule has 3 aliphatic heterocycles. The third-order valence-electron chi connectivity index (χ3n) is 6.39. The van der Waals surface area contributed by atoms with E-state index in [0.29, 0.717) is 18.2 Å². The van der Waals surface area contributed by atoms with Gasteiger partial charge in [-0.3, -0.25) is 14.6 Å². The summed E-state index contributed by atoms with van der Waals surface area (Å²) in [4.78, 5) is 19.8. The van der Waals surface area contributed by atoms with Crippen LogP contribution in [0.2, 0.25) is 0 Å². The maximum absolute atomic E-state index is 12.6. The van der Waals surface area contributed by atoms with Crippen LogP contribution in [0.15, 0.2) is 30.3 Å². The van der Waals surface area contributed by atoms with Gasteiger partial charge in [-0.05, 0) is 31.9 Å². The molecule has 0 aromatic heterocycles. The predicted octanol–water partition coefficient (Wildman–Crippen LogP) is 1.29. The van der Waals surface area contributed by atoms with Crippen LogP contribution in [-0.2, 0) is 4.74 Å². The Balaban J connectivity index is 1.19. The number of benzene rings is 1. The van der Waals surface area contributed by atoms with Gasteiger partial charge in [-0.15, -0.1) is 0 Å². The molecular weight excluding hydrogens is 352 g/mol. The highest BCUT2D eigenvalue weighted by Gasteiger charge is 2.30. The monoisotopic (exact) mass is 386 g/mol. The van der Waals surface area contributed by atoms with Crippen LogP contribution in [0.5, 0.6) is 0 Å². The maximum atomic E-state index is 12.6. The third-order valence-corrected chi connectivity index (χ3v) is 6.39. The number of nitrogens with one attached hydrogen (secondary N) is 1. The fourth-order valence-electron chi connectivity index (χ4n) is 4.78. The normalized spacial score (nSPS) is 28.4. The molecule has 1 aromatic rings. The number of rotatable bonds is 4. The smallest absolute Gasteiger partial charge is 0.253 e. The van der Waals surface area contributed by atoms with E-state index in [9.17, 15) is 4.79 Å². The number of nitrogens with zero attached hydrogens (tertiary/aromatic N) is 3. The Hall–Kier alpha value is -1.47. The number of carbonyl (C=O) groups is 1. The lowest BCUT2D eigenvalue weighted by molar-refractivity contribution is -0.0497. The van der Waals surface area contributed by atoms with Crippen LogP contribution in [0.25, 0.3) is 0 Å². The number of likely N-dealkylation sites (tertiary alicyclic amines) is 1. The second-order valence-corrected chi connectivity index (χ2v) is 8.45. The average molecular weight is 387 g/mol. The summed E-state index contributed by atoms with van der Waals surface area (Å²) in [6, 6.07) is 10.3. The average Bonchev–Trinajstić information content (AvgIpc) is 2.75. The van der Waals surface area contributed by atoms with E-state index in [1.165, 1.54) is 0 Å². The van der Waals surface area contributed by atoms with E-state index in [0.717, 1.165) is 77.3 Å². The summed E-state index contributed by atoms with van der Waals surface area (Å²) in [6.07, 6.45) is 2.82. The molecule has 0 unspecified atom stereocenters. The highest BCUT2D eigenvalue weighted by Crippen LogP contribution is 2.20. The molecule has 1 N–H and O–H groups in total. The van der Waals surface area contributed by atoms with Gasteiger partial charge in [0.15, 0.2) is 0 Å². The van der Waals surface area contributed by atoms with Crippen LogP contribution in [0.4, 0.5) is 0 Å². The molecular formula is C22H34N4O2. The van der Waals surface area contributed by atoms with Crippen LogP contribution in [0.3, 0.4) is 0 Å². The lowest BCUT2D eigenvalue weighted by atomic mass is 10.0. The summed E-state index contributed by atoms with van der Waals surface area (Å²) in [6.45, 7) is 11.4. The van der Waals surface area contributed by atoms with E-state index in [2.05, 4.69) is 22.0 Å². The van der Waals surface area contributed by atoms with Crippen LogP contribution >= 0.6 is 0 Å². The van der Waals surface area contributed by atoms with E-state index in [1.807, 2.05) is 35.2 Å². The van der Waals surface area contributed by atoms with E-state index in [-0.39, 0.29) is 5.91 Å². The van der Waals surface area contributed by atoms with Crippen molar-refractivity contribution in [3.63, 3.8) is 0 Å². The van der Waals surface area contributed by atoms with Gasteiger partial charge in [-0.1, -0.05) is 18.2 Å². The number of amides is 1. The molecule has 28 heavy (non-hydrogen) atoms. The highest BCUT2D eigenvalue weighted by molar-refractivity contribution is 5.94. The maximum Gasteiger partial charge on any atom is 0.253 e. The Morgan fingerprint density at radius 1 is 1.04 bits per heavy atom. The summed E-state index contributed by atoms with van der Waals surface area (Å²) in [7, 11) is 0. The Morgan fingerprint density at radius 2 is 1.75 bits per heavy atom. The Labute approximate surface area is 168 Å². The first-order valence-corrected chi connectivity index (χ1v) is 10.9. The van der Waals surface area contributed by atoms with Crippen molar-refractivity contribution in [1.29, 1.82) is 0 Å². The molecule has 1 aromatic carbocycles. The minimum absolute atomic E-state index is 0.180. The molecule has 4 rings (SSSR count). The zero-order valence-electron chi connectivity index (χ0n) is 17.1. The van der Waals surface area contributed by atoms with Crippen molar-refractivity contribution in [1.82, 2.24) is 20.0 Å². The lowest BCUT2D eigenvalue weighted by Gasteiger charge is -2.43. The van der Waals surface area contributed by atoms with Gasteiger partial charge in [0.2, 0.25) is 0 Å². The summed E-state index contributed by atoms with van der Waals surface area (Å²) < 4.78 is 6.05. The van der Waals surface area contributed by atoms with Crippen LogP contribution in [0.1, 0.15) is 30.1 Å². The van der Waals surface area contributed by atoms with E-state index >= 15 is 0 Å². The van der Waals surface area contributed by atoms with Crippen LogP contribution < -0.4 is 5.32 Å². The molecule has 6 nitrogen and oxygen atoms in total. The van der Waals surface area contributed by atoms with Crippen molar-refractivity contribution in [2.45, 2.75) is 38.0 Å². The Morgan fingerprint density at radius 3 is 2.43 bits per heavy atom. The molecule has 3 saturated heterocycles. The SMILES string of the molecule is C[C@@H]1CNC[C@@H](CN2CCN(C3CCN(C(=O)c4ccccc4)CC3)CC2)O1. The van der Waals surface area contributed by atoms with Crippen molar-refractivity contribution in [3.05, 3.63) is 35.9 Å². The van der Waals surface area contributed by atoms with Crippen molar-refractivity contribution in [3.8, 4) is 0 Å². The van der Waals surface area contributed by atoms with Gasteiger partial charge in [-0.25, -0.2) is 0 Å². The number of ether oxygens (including phenoxy) is 1. The quantitative estimate of drug-likeness (QED) is 0.845. The Bertz CT molecular complexity index is 625. The second-order valence-electron chi connectivity index (χ2n) is 8.45. The first-order valence-electron chi connectivity index (χ1n) is 10.9. The van der Waals surface area contributed by atoms with Crippen molar-refractivity contribution in [2.75, 3.05) is 58.9 Å². The highest BCUT2D eigenvalue weighted by atomic mass is 16.5. The molecule has 2 atom stereocenters. The number of hydrogen-bond acceptors (Lipinski definition) is 5. The first-order chi connectivity index (χ1) is 13.7. The van der Waals surface area contributed by atoms with Gasteiger partial charge in [0.05, 0.1) is 12.2 Å². The molecule has 6 heteroatoms. The first kappa shape index (κ1) is 19.8. The summed E-state index contributed by atoms with van der Waals surface area (Å²) in [5.74, 6) is 0.180. The molecule has 0 saturated carbocycles. The standard InChI is InChI=1S/C22H34N4O2/c1-18-15-23-16-21(28-18)17-24-11-13-25(14-12-24)20-7-9-26(10-8-20)22(27)19-5-3-2-4-6-19/h2-6,18,20-21,23H,7-17H2,1H3/t18-,21+/m1/s1. The van der Waals surface area contributed by atoms with Crippen LogP contribution in [0, 0.1) is 0 Å². The largest absolute Gasteiger partial charge is 0.371 e. The van der Waals surface area contributed by atoms with Crippen molar-refractivity contribution in [2.24, 2.45) is 0 Å². The lowest BCUT2D eigenvalue weighted by Crippen LogP contribution is -2.56. The fraction of sp³-hybridized carbons (Fsp3) is 0.682. The molecule has 0 spiro atoms. The molecule has 3 aliphatic rings.